The molecular formula is C18H21F3N4OS. The van der Waals surface area contributed by atoms with Crippen LogP contribution in [0.1, 0.15) is 35.8 Å². The van der Waals surface area contributed by atoms with Crippen molar-refractivity contribution >= 4 is 22.4 Å². The lowest BCUT2D eigenvalue weighted by Gasteiger charge is -2.32. The van der Waals surface area contributed by atoms with Crippen molar-refractivity contribution in [1.82, 2.24) is 14.9 Å². The van der Waals surface area contributed by atoms with Crippen molar-refractivity contribution in [2.75, 3.05) is 18.4 Å². The second kappa shape index (κ2) is 8.35. The standard InChI is InChI=1S/C18H21F3N4OS/c1-12(26)24-17-23-9-16(27-17)11-25-4-2-3-13(10-25)5-14-6-15(8-22-7-14)18(19,20)21/h6-9,13H,2-5,10-11H2,1H3,(H,23,24,26)/t13-/m0/s1. The van der Waals surface area contributed by atoms with Crippen molar-refractivity contribution < 1.29 is 18.0 Å². The van der Waals surface area contributed by atoms with Gasteiger partial charge in [-0.15, -0.1) is 11.3 Å². The molecule has 3 rings (SSSR count). The number of nitrogens with one attached hydrogen (secondary N) is 1. The third-order valence-corrected chi connectivity index (χ3v) is 5.36. The highest BCUT2D eigenvalue weighted by atomic mass is 32.1. The Morgan fingerprint density at radius 1 is 1.37 bits per heavy atom. The van der Waals surface area contributed by atoms with Crippen LogP contribution < -0.4 is 5.32 Å². The highest BCUT2D eigenvalue weighted by Crippen LogP contribution is 2.30. The smallest absolute Gasteiger partial charge is 0.302 e. The number of pyridine rings is 1. The lowest BCUT2D eigenvalue weighted by Crippen LogP contribution is -2.35. The Balaban J connectivity index is 1.58. The molecular weight excluding hydrogens is 377 g/mol. The molecule has 146 valence electrons. The van der Waals surface area contributed by atoms with E-state index in [9.17, 15) is 18.0 Å². The van der Waals surface area contributed by atoms with Gasteiger partial charge in [-0.3, -0.25) is 14.7 Å². The van der Waals surface area contributed by atoms with Crippen molar-refractivity contribution in [1.29, 1.82) is 0 Å². The van der Waals surface area contributed by atoms with E-state index in [1.807, 2.05) is 0 Å². The molecule has 1 atom stereocenters. The summed E-state index contributed by atoms with van der Waals surface area (Å²) in [6.45, 7) is 3.95. The topological polar surface area (TPSA) is 58.1 Å². The van der Waals surface area contributed by atoms with Gasteiger partial charge in [0.1, 0.15) is 0 Å². The van der Waals surface area contributed by atoms with E-state index in [2.05, 4.69) is 20.2 Å². The fourth-order valence-electron chi connectivity index (χ4n) is 3.36. The number of halogens is 3. The summed E-state index contributed by atoms with van der Waals surface area (Å²) in [6, 6.07) is 1.20. The van der Waals surface area contributed by atoms with Gasteiger partial charge in [-0.05, 0) is 43.4 Å². The maximum atomic E-state index is 12.9. The zero-order chi connectivity index (χ0) is 19.4. The summed E-state index contributed by atoms with van der Waals surface area (Å²) in [5.74, 6) is 0.149. The van der Waals surface area contributed by atoms with Gasteiger partial charge in [0.25, 0.3) is 0 Å². The normalized spacial score (nSPS) is 18.4. The summed E-state index contributed by atoms with van der Waals surface area (Å²) in [5.41, 5.74) is -0.0646. The summed E-state index contributed by atoms with van der Waals surface area (Å²) in [6.07, 6.45) is 2.38. The summed E-state index contributed by atoms with van der Waals surface area (Å²) in [4.78, 5) is 22.4. The number of nitrogens with zero attached hydrogens (tertiary/aromatic N) is 3. The lowest BCUT2D eigenvalue weighted by atomic mass is 9.91. The van der Waals surface area contributed by atoms with Gasteiger partial charge in [0.15, 0.2) is 5.13 Å². The number of anilines is 1. The number of piperidine rings is 1. The van der Waals surface area contributed by atoms with Gasteiger partial charge in [0.2, 0.25) is 5.91 Å². The van der Waals surface area contributed by atoms with Gasteiger partial charge in [0.05, 0.1) is 5.56 Å². The Morgan fingerprint density at radius 3 is 2.93 bits per heavy atom. The Bertz CT molecular complexity index is 793. The first kappa shape index (κ1) is 19.8. The minimum absolute atomic E-state index is 0.149. The summed E-state index contributed by atoms with van der Waals surface area (Å²) < 4.78 is 38.6. The van der Waals surface area contributed by atoms with E-state index in [-0.39, 0.29) is 5.91 Å². The molecule has 1 N–H and O–H groups in total. The average molecular weight is 398 g/mol. The Morgan fingerprint density at radius 2 is 2.19 bits per heavy atom. The molecule has 2 aromatic rings. The number of thiazole rings is 1. The highest BCUT2D eigenvalue weighted by molar-refractivity contribution is 7.15. The van der Waals surface area contributed by atoms with E-state index in [1.165, 1.54) is 30.5 Å². The van der Waals surface area contributed by atoms with Gasteiger partial charge in [-0.2, -0.15) is 13.2 Å². The van der Waals surface area contributed by atoms with Crippen LogP contribution in [0, 0.1) is 5.92 Å². The molecule has 27 heavy (non-hydrogen) atoms. The molecule has 2 aromatic heterocycles. The van der Waals surface area contributed by atoms with Crippen LogP contribution in [0.3, 0.4) is 0 Å². The lowest BCUT2D eigenvalue weighted by molar-refractivity contribution is -0.137. The predicted molar refractivity (Wildman–Crippen MR) is 97.4 cm³/mol. The van der Waals surface area contributed by atoms with Crippen molar-refractivity contribution in [3.63, 3.8) is 0 Å². The maximum Gasteiger partial charge on any atom is 0.417 e. The summed E-state index contributed by atoms with van der Waals surface area (Å²) in [7, 11) is 0. The number of amides is 1. The van der Waals surface area contributed by atoms with Gasteiger partial charge in [-0.1, -0.05) is 0 Å². The number of likely N-dealkylation sites (tertiary alicyclic amines) is 1. The number of carbonyl (C=O) groups is 1. The molecule has 9 heteroatoms. The van der Waals surface area contributed by atoms with Gasteiger partial charge in [-0.25, -0.2) is 4.98 Å². The number of alkyl halides is 3. The second-order valence-electron chi connectivity index (χ2n) is 6.84. The number of carbonyl (C=O) groups excluding carboxylic acids is 1. The number of hydrogen-bond acceptors (Lipinski definition) is 5. The van der Waals surface area contributed by atoms with Gasteiger partial charge < -0.3 is 5.32 Å². The summed E-state index contributed by atoms with van der Waals surface area (Å²) >= 11 is 1.45. The first-order chi connectivity index (χ1) is 12.8. The van der Waals surface area contributed by atoms with Crippen molar-refractivity contribution in [3.8, 4) is 0 Å². The van der Waals surface area contributed by atoms with Crippen LogP contribution >= 0.6 is 11.3 Å². The van der Waals surface area contributed by atoms with Crippen LogP contribution in [0.5, 0.6) is 0 Å². The maximum absolute atomic E-state index is 12.9. The summed E-state index contributed by atoms with van der Waals surface area (Å²) in [5, 5.41) is 3.26. The third kappa shape index (κ3) is 5.74. The zero-order valence-electron chi connectivity index (χ0n) is 14.9. The van der Waals surface area contributed by atoms with E-state index >= 15 is 0 Å². The van der Waals surface area contributed by atoms with Crippen molar-refractivity contribution in [2.24, 2.45) is 5.92 Å². The average Bonchev–Trinajstić information content (AvgIpc) is 3.01. The second-order valence-corrected chi connectivity index (χ2v) is 7.96. The largest absolute Gasteiger partial charge is 0.417 e. The Hall–Kier alpha value is -2.00. The van der Waals surface area contributed by atoms with Crippen LogP contribution in [0.25, 0.3) is 0 Å². The van der Waals surface area contributed by atoms with Crippen LogP contribution in [-0.4, -0.2) is 33.9 Å². The fourth-order valence-corrected chi connectivity index (χ4v) is 4.26. The SMILES string of the molecule is CC(=O)Nc1ncc(CN2CCC[C@@H](Cc3cncc(C(F)(F)F)c3)C2)s1. The van der Waals surface area contributed by atoms with E-state index in [4.69, 9.17) is 0 Å². The molecule has 0 aromatic carbocycles. The van der Waals surface area contributed by atoms with E-state index in [1.54, 1.807) is 6.20 Å². The molecule has 0 bridgehead atoms. The minimum atomic E-state index is -4.36. The van der Waals surface area contributed by atoms with Crippen LogP contribution in [0.15, 0.2) is 24.7 Å². The van der Waals surface area contributed by atoms with Crippen LogP contribution in [0.4, 0.5) is 18.3 Å². The first-order valence-electron chi connectivity index (χ1n) is 8.75. The molecule has 0 radical (unpaired) electrons. The molecule has 1 aliphatic rings. The molecule has 5 nitrogen and oxygen atoms in total. The van der Waals surface area contributed by atoms with Crippen molar-refractivity contribution in [2.45, 2.75) is 38.9 Å². The molecule has 0 aliphatic carbocycles. The molecule has 3 heterocycles. The van der Waals surface area contributed by atoms with Crippen LogP contribution in [-0.2, 0) is 23.9 Å². The zero-order valence-corrected chi connectivity index (χ0v) is 15.7. The number of hydrogen-bond donors (Lipinski definition) is 1. The third-order valence-electron chi connectivity index (χ3n) is 4.47. The Labute approximate surface area is 159 Å². The molecule has 1 aliphatic heterocycles. The Kier molecular flexibility index (Phi) is 6.11. The molecule has 1 fully saturated rings. The van der Waals surface area contributed by atoms with E-state index in [0.29, 0.717) is 23.0 Å². The predicted octanol–water partition coefficient (Wildman–Crippen LogP) is 3.97. The first-order valence-corrected chi connectivity index (χ1v) is 9.57. The molecule has 1 amide bonds. The van der Waals surface area contributed by atoms with E-state index in [0.717, 1.165) is 43.5 Å². The van der Waals surface area contributed by atoms with E-state index < -0.39 is 11.7 Å². The van der Waals surface area contributed by atoms with Gasteiger partial charge >= 0.3 is 6.18 Å². The number of aromatic nitrogens is 2. The highest BCUT2D eigenvalue weighted by Gasteiger charge is 2.31. The quantitative estimate of drug-likeness (QED) is 0.828. The number of rotatable bonds is 5. The molecule has 0 spiro atoms. The fraction of sp³-hybridized carbons (Fsp3) is 0.500. The van der Waals surface area contributed by atoms with Crippen molar-refractivity contribution in [3.05, 3.63) is 40.7 Å². The molecule has 1 saturated heterocycles. The van der Waals surface area contributed by atoms with Crippen LogP contribution in [0.2, 0.25) is 0 Å². The van der Waals surface area contributed by atoms with Gasteiger partial charge in [0, 0.05) is 43.5 Å². The molecule has 0 unspecified atom stereocenters. The molecule has 0 saturated carbocycles. The monoisotopic (exact) mass is 398 g/mol. The minimum Gasteiger partial charge on any atom is -0.302 e.